The van der Waals surface area contributed by atoms with Gasteiger partial charge < -0.3 is 4.98 Å². The van der Waals surface area contributed by atoms with Crippen molar-refractivity contribution in [1.29, 1.82) is 0 Å². The minimum atomic E-state index is 1.20. The Morgan fingerprint density at radius 2 is 1.69 bits per heavy atom. The lowest BCUT2D eigenvalue weighted by molar-refractivity contribution is 1.26. The van der Waals surface area contributed by atoms with Crippen molar-refractivity contribution in [2.24, 2.45) is 0 Å². The van der Waals surface area contributed by atoms with Gasteiger partial charge in [-0.25, -0.2) is 0 Å². The summed E-state index contributed by atoms with van der Waals surface area (Å²) in [6.07, 6.45) is 0. The fourth-order valence-electron chi connectivity index (χ4n) is 1.54. The van der Waals surface area contributed by atoms with Crippen LogP contribution >= 0.6 is 0 Å². The summed E-state index contributed by atoms with van der Waals surface area (Å²) >= 11 is 0. The highest BCUT2D eigenvalue weighted by atomic mass is 14.7. The number of aromatic amines is 1. The van der Waals surface area contributed by atoms with Crippen molar-refractivity contribution in [3.8, 4) is 11.3 Å². The van der Waals surface area contributed by atoms with E-state index < -0.39 is 0 Å². The summed E-state index contributed by atoms with van der Waals surface area (Å²) in [6, 6.07) is 12.6. The molecule has 0 aliphatic carbocycles. The van der Waals surface area contributed by atoms with Gasteiger partial charge in [0.2, 0.25) is 0 Å². The van der Waals surface area contributed by atoms with E-state index in [2.05, 4.69) is 55.2 Å². The molecule has 1 aromatic carbocycles. The molecule has 0 fully saturated rings. The second kappa shape index (κ2) is 3.09. The van der Waals surface area contributed by atoms with Gasteiger partial charge in [-0.1, -0.05) is 24.3 Å². The van der Waals surface area contributed by atoms with Crippen LogP contribution in [0, 0.1) is 13.8 Å². The molecule has 0 saturated heterocycles. The van der Waals surface area contributed by atoms with Gasteiger partial charge in [0.05, 0.1) is 0 Å². The first-order chi connectivity index (χ1) is 6.27. The molecule has 0 aliphatic heterocycles. The van der Waals surface area contributed by atoms with E-state index in [9.17, 15) is 0 Å². The van der Waals surface area contributed by atoms with Crippen molar-refractivity contribution in [2.45, 2.75) is 13.8 Å². The Labute approximate surface area is 78.4 Å². The van der Waals surface area contributed by atoms with Crippen molar-refractivity contribution in [1.82, 2.24) is 4.98 Å². The number of benzene rings is 1. The average Bonchev–Trinajstić information content (AvgIpc) is 2.53. The van der Waals surface area contributed by atoms with Gasteiger partial charge in [-0.2, -0.15) is 0 Å². The van der Waals surface area contributed by atoms with Crippen LogP contribution in [0.4, 0.5) is 0 Å². The maximum Gasteiger partial charge on any atom is 0.0458 e. The molecule has 0 aliphatic rings. The third-order valence-electron chi connectivity index (χ3n) is 2.27. The van der Waals surface area contributed by atoms with E-state index in [1.165, 1.54) is 22.5 Å². The Kier molecular flexibility index (Phi) is 1.93. The van der Waals surface area contributed by atoms with E-state index in [-0.39, 0.29) is 0 Å². The molecule has 1 nitrogen and oxygen atoms in total. The molecule has 1 heterocycles. The molecule has 1 aromatic heterocycles. The van der Waals surface area contributed by atoms with Gasteiger partial charge in [-0.05, 0) is 31.5 Å². The zero-order valence-electron chi connectivity index (χ0n) is 7.96. The van der Waals surface area contributed by atoms with Crippen LogP contribution in [0.25, 0.3) is 11.3 Å². The summed E-state index contributed by atoms with van der Waals surface area (Å²) in [6.45, 7) is 4.20. The molecule has 0 saturated carbocycles. The molecule has 0 unspecified atom stereocenters. The molecule has 2 rings (SSSR count). The Morgan fingerprint density at radius 3 is 2.31 bits per heavy atom. The molecule has 0 radical (unpaired) electrons. The predicted octanol–water partition coefficient (Wildman–Crippen LogP) is 3.30. The molecule has 13 heavy (non-hydrogen) atoms. The van der Waals surface area contributed by atoms with Gasteiger partial charge in [0.15, 0.2) is 0 Å². The maximum absolute atomic E-state index is 3.33. The van der Waals surface area contributed by atoms with Crippen LogP contribution in [0.1, 0.15) is 11.3 Å². The molecule has 0 bridgehead atoms. The third-order valence-corrected chi connectivity index (χ3v) is 2.27. The fourth-order valence-corrected chi connectivity index (χ4v) is 1.54. The first-order valence-corrected chi connectivity index (χ1v) is 4.49. The lowest BCUT2D eigenvalue weighted by Gasteiger charge is -2.01. The van der Waals surface area contributed by atoms with E-state index in [0.29, 0.717) is 0 Å². The van der Waals surface area contributed by atoms with Crippen LogP contribution in [-0.4, -0.2) is 4.98 Å². The summed E-state index contributed by atoms with van der Waals surface area (Å²) in [7, 11) is 0. The number of H-pyrrole nitrogens is 1. The van der Waals surface area contributed by atoms with Crippen LogP contribution in [-0.2, 0) is 0 Å². The number of hydrogen-bond acceptors (Lipinski definition) is 0. The second-order valence-electron chi connectivity index (χ2n) is 3.37. The summed E-state index contributed by atoms with van der Waals surface area (Å²) in [5.74, 6) is 0. The molecule has 0 spiro atoms. The Hall–Kier alpha value is -1.50. The van der Waals surface area contributed by atoms with Crippen LogP contribution in [0.3, 0.4) is 0 Å². The standard InChI is InChI=1S/C12H13N/c1-9-5-3-4-6-11(9)12-8-7-10(2)13-12/h3-8,13H,1-2H3. The van der Waals surface area contributed by atoms with Gasteiger partial charge in [-0.3, -0.25) is 0 Å². The van der Waals surface area contributed by atoms with Gasteiger partial charge in [-0.15, -0.1) is 0 Å². The monoisotopic (exact) mass is 171 g/mol. The van der Waals surface area contributed by atoms with Gasteiger partial charge in [0, 0.05) is 17.0 Å². The fraction of sp³-hybridized carbons (Fsp3) is 0.167. The van der Waals surface area contributed by atoms with E-state index >= 15 is 0 Å². The smallest absolute Gasteiger partial charge is 0.0458 e. The molecular weight excluding hydrogens is 158 g/mol. The minimum Gasteiger partial charge on any atom is -0.359 e. The average molecular weight is 171 g/mol. The Bertz CT molecular complexity index is 413. The molecule has 0 atom stereocenters. The van der Waals surface area contributed by atoms with Gasteiger partial charge >= 0.3 is 0 Å². The Balaban J connectivity index is 2.52. The lowest BCUT2D eigenvalue weighted by atomic mass is 10.1. The van der Waals surface area contributed by atoms with Crippen molar-refractivity contribution < 1.29 is 0 Å². The number of hydrogen-bond donors (Lipinski definition) is 1. The molecule has 0 amide bonds. The van der Waals surface area contributed by atoms with Gasteiger partial charge in [0.25, 0.3) is 0 Å². The first kappa shape index (κ1) is 8.11. The molecule has 1 N–H and O–H groups in total. The van der Waals surface area contributed by atoms with Crippen molar-refractivity contribution in [2.75, 3.05) is 0 Å². The molecular formula is C12H13N. The highest BCUT2D eigenvalue weighted by Crippen LogP contribution is 2.21. The highest BCUT2D eigenvalue weighted by molar-refractivity contribution is 5.63. The van der Waals surface area contributed by atoms with Crippen molar-refractivity contribution in [3.63, 3.8) is 0 Å². The lowest BCUT2D eigenvalue weighted by Crippen LogP contribution is -1.82. The summed E-state index contributed by atoms with van der Waals surface area (Å²) < 4.78 is 0. The first-order valence-electron chi connectivity index (χ1n) is 4.49. The van der Waals surface area contributed by atoms with Crippen LogP contribution < -0.4 is 0 Å². The molecule has 1 heteroatoms. The molecule has 2 aromatic rings. The minimum absolute atomic E-state index is 1.20. The SMILES string of the molecule is Cc1ccc(-c2ccccc2C)[nH]1. The Morgan fingerprint density at radius 1 is 0.923 bits per heavy atom. The van der Waals surface area contributed by atoms with E-state index in [1.54, 1.807) is 0 Å². The van der Waals surface area contributed by atoms with Gasteiger partial charge in [0.1, 0.15) is 0 Å². The maximum atomic E-state index is 3.33. The zero-order valence-corrected chi connectivity index (χ0v) is 7.96. The topological polar surface area (TPSA) is 15.8 Å². The highest BCUT2D eigenvalue weighted by Gasteiger charge is 2.01. The normalized spacial score (nSPS) is 10.3. The zero-order chi connectivity index (χ0) is 9.26. The third kappa shape index (κ3) is 1.50. The number of rotatable bonds is 1. The summed E-state index contributed by atoms with van der Waals surface area (Å²) in [4.78, 5) is 3.33. The number of nitrogens with one attached hydrogen (secondary N) is 1. The van der Waals surface area contributed by atoms with Crippen LogP contribution in [0.5, 0.6) is 0 Å². The number of aryl methyl sites for hydroxylation is 2. The largest absolute Gasteiger partial charge is 0.359 e. The summed E-state index contributed by atoms with van der Waals surface area (Å²) in [5.41, 5.74) is 5.01. The van der Waals surface area contributed by atoms with Crippen LogP contribution in [0.2, 0.25) is 0 Å². The predicted molar refractivity (Wildman–Crippen MR) is 55.7 cm³/mol. The van der Waals surface area contributed by atoms with Crippen LogP contribution in [0.15, 0.2) is 36.4 Å². The summed E-state index contributed by atoms with van der Waals surface area (Å²) in [5, 5.41) is 0. The van der Waals surface area contributed by atoms with E-state index in [4.69, 9.17) is 0 Å². The quantitative estimate of drug-likeness (QED) is 0.677. The van der Waals surface area contributed by atoms with Crippen molar-refractivity contribution in [3.05, 3.63) is 47.7 Å². The molecule has 66 valence electrons. The van der Waals surface area contributed by atoms with E-state index in [0.717, 1.165) is 0 Å². The van der Waals surface area contributed by atoms with Crippen molar-refractivity contribution >= 4 is 0 Å². The second-order valence-corrected chi connectivity index (χ2v) is 3.37. The van der Waals surface area contributed by atoms with E-state index in [1.807, 2.05) is 0 Å². The number of aromatic nitrogens is 1.